The smallest absolute Gasteiger partial charge is 0.0544 e. The average Bonchev–Trinajstić information content (AvgIpc) is 2.39. The van der Waals surface area contributed by atoms with E-state index in [0.717, 1.165) is 31.9 Å². The summed E-state index contributed by atoms with van der Waals surface area (Å²) < 4.78 is 0. The molecule has 3 nitrogen and oxygen atoms in total. The molecular formula is C17H29N3. The van der Waals surface area contributed by atoms with Gasteiger partial charge in [0.15, 0.2) is 0 Å². The summed E-state index contributed by atoms with van der Waals surface area (Å²) in [6.07, 6.45) is 3.93. The van der Waals surface area contributed by atoms with Gasteiger partial charge in [-0.15, -0.1) is 6.58 Å². The molecule has 0 saturated carbocycles. The Morgan fingerprint density at radius 1 is 1.30 bits per heavy atom. The lowest BCUT2D eigenvalue weighted by Crippen LogP contribution is -2.30. The van der Waals surface area contributed by atoms with Crippen molar-refractivity contribution in [2.75, 3.05) is 13.1 Å². The van der Waals surface area contributed by atoms with E-state index in [1.807, 2.05) is 12.3 Å². The highest BCUT2D eigenvalue weighted by Crippen LogP contribution is 2.07. The van der Waals surface area contributed by atoms with Crippen LogP contribution in [0.15, 0.2) is 31.0 Å². The van der Waals surface area contributed by atoms with Crippen LogP contribution in [0.3, 0.4) is 0 Å². The van der Waals surface area contributed by atoms with E-state index >= 15 is 0 Å². The highest BCUT2D eigenvalue weighted by molar-refractivity contribution is 5.14. The van der Waals surface area contributed by atoms with Crippen molar-refractivity contribution in [3.63, 3.8) is 0 Å². The fourth-order valence-electron chi connectivity index (χ4n) is 1.99. The molecule has 0 aromatic carbocycles. The van der Waals surface area contributed by atoms with Crippen LogP contribution in [0.4, 0.5) is 0 Å². The van der Waals surface area contributed by atoms with Crippen LogP contribution in [-0.4, -0.2) is 29.0 Å². The van der Waals surface area contributed by atoms with Gasteiger partial charge in [0, 0.05) is 31.9 Å². The molecule has 0 fully saturated rings. The Morgan fingerprint density at radius 2 is 2.05 bits per heavy atom. The van der Waals surface area contributed by atoms with Gasteiger partial charge in [0.05, 0.1) is 5.69 Å². The lowest BCUT2D eigenvalue weighted by molar-refractivity contribution is 0.234. The Morgan fingerprint density at radius 3 is 2.55 bits per heavy atom. The Bertz CT molecular complexity index is 382. The summed E-state index contributed by atoms with van der Waals surface area (Å²) in [5, 5.41) is 3.44. The first kappa shape index (κ1) is 16.9. The molecule has 1 aromatic rings. The Kier molecular flexibility index (Phi) is 7.48. The zero-order chi connectivity index (χ0) is 15.0. The number of rotatable bonds is 9. The predicted octanol–water partition coefficient (Wildman–Crippen LogP) is 3.22. The molecule has 0 amide bonds. The first-order valence-corrected chi connectivity index (χ1v) is 7.52. The monoisotopic (exact) mass is 275 g/mol. The highest BCUT2D eigenvalue weighted by atomic mass is 15.1. The molecule has 1 aromatic heterocycles. The van der Waals surface area contributed by atoms with E-state index in [1.54, 1.807) is 0 Å². The summed E-state index contributed by atoms with van der Waals surface area (Å²) in [4.78, 5) is 6.92. The molecule has 0 aliphatic rings. The van der Waals surface area contributed by atoms with Crippen LogP contribution in [0.1, 0.15) is 39.0 Å². The SMILES string of the molecule is C=CCN(Cc1ccc(CNCC(C)C)cn1)C(C)C. The number of aromatic nitrogens is 1. The van der Waals surface area contributed by atoms with Gasteiger partial charge in [0.2, 0.25) is 0 Å². The first-order valence-electron chi connectivity index (χ1n) is 7.52. The summed E-state index contributed by atoms with van der Waals surface area (Å²) in [6, 6.07) is 4.80. The molecule has 1 heterocycles. The quantitative estimate of drug-likeness (QED) is 0.701. The fraction of sp³-hybridized carbons (Fsp3) is 0.588. The molecule has 1 N–H and O–H groups in total. The van der Waals surface area contributed by atoms with Crippen molar-refractivity contribution in [3.8, 4) is 0 Å². The summed E-state index contributed by atoms with van der Waals surface area (Å²) in [7, 11) is 0. The molecule has 20 heavy (non-hydrogen) atoms. The van der Waals surface area contributed by atoms with Crippen LogP contribution in [0.2, 0.25) is 0 Å². The second-order valence-corrected chi connectivity index (χ2v) is 5.99. The van der Waals surface area contributed by atoms with Crippen molar-refractivity contribution >= 4 is 0 Å². The molecular weight excluding hydrogens is 246 g/mol. The molecule has 0 bridgehead atoms. The Balaban J connectivity index is 2.50. The Hall–Kier alpha value is -1.19. The van der Waals surface area contributed by atoms with Crippen molar-refractivity contribution in [2.45, 2.75) is 46.8 Å². The van der Waals surface area contributed by atoms with Crippen LogP contribution in [-0.2, 0) is 13.1 Å². The fourth-order valence-corrected chi connectivity index (χ4v) is 1.99. The molecule has 112 valence electrons. The van der Waals surface area contributed by atoms with Crippen molar-refractivity contribution in [2.24, 2.45) is 5.92 Å². The molecule has 1 rings (SSSR count). The van der Waals surface area contributed by atoms with Crippen LogP contribution in [0.25, 0.3) is 0 Å². The van der Waals surface area contributed by atoms with E-state index in [2.05, 4.69) is 61.6 Å². The molecule has 0 aliphatic carbocycles. The third kappa shape index (κ3) is 6.31. The Labute approximate surface area is 124 Å². The highest BCUT2D eigenvalue weighted by Gasteiger charge is 2.09. The topological polar surface area (TPSA) is 28.2 Å². The predicted molar refractivity (Wildman–Crippen MR) is 86.5 cm³/mol. The van der Waals surface area contributed by atoms with Gasteiger partial charge in [-0.2, -0.15) is 0 Å². The minimum Gasteiger partial charge on any atom is -0.312 e. The second kappa shape index (κ2) is 8.88. The van der Waals surface area contributed by atoms with Gasteiger partial charge in [-0.1, -0.05) is 26.0 Å². The van der Waals surface area contributed by atoms with Crippen LogP contribution < -0.4 is 5.32 Å². The minimum atomic E-state index is 0.502. The van der Waals surface area contributed by atoms with Gasteiger partial charge in [0.1, 0.15) is 0 Å². The van der Waals surface area contributed by atoms with Crippen molar-refractivity contribution in [3.05, 3.63) is 42.2 Å². The zero-order valence-corrected chi connectivity index (χ0v) is 13.4. The summed E-state index contributed by atoms with van der Waals surface area (Å²) >= 11 is 0. The second-order valence-electron chi connectivity index (χ2n) is 5.99. The summed E-state index contributed by atoms with van der Waals surface area (Å²) in [5.74, 6) is 0.681. The van der Waals surface area contributed by atoms with Crippen LogP contribution in [0, 0.1) is 5.92 Å². The van der Waals surface area contributed by atoms with Crippen molar-refractivity contribution in [1.82, 2.24) is 15.2 Å². The maximum Gasteiger partial charge on any atom is 0.0544 e. The van der Waals surface area contributed by atoms with Crippen molar-refractivity contribution in [1.29, 1.82) is 0 Å². The molecule has 0 unspecified atom stereocenters. The number of hydrogen-bond donors (Lipinski definition) is 1. The molecule has 0 saturated heterocycles. The maximum atomic E-state index is 4.56. The summed E-state index contributed by atoms with van der Waals surface area (Å²) in [6.45, 7) is 16.4. The average molecular weight is 275 g/mol. The van der Waals surface area contributed by atoms with E-state index in [1.165, 1.54) is 5.56 Å². The lowest BCUT2D eigenvalue weighted by Gasteiger charge is -2.24. The van der Waals surface area contributed by atoms with E-state index in [4.69, 9.17) is 0 Å². The molecule has 0 atom stereocenters. The van der Waals surface area contributed by atoms with Crippen LogP contribution >= 0.6 is 0 Å². The third-order valence-corrected chi connectivity index (χ3v) is 3.23. The molecule has 0 aliphatic heterocycles. The normalized spacial score (nSPS) is 11.6. The van der Waals surface area contributed by atoms with E-state index < -0.39 is 0 Å². The van der Waals surface area contributed by atoms with Crippen LogP contribution in [0.5, 0.6) is 0 Å². The van der Waals surface area contributed by atoms with Gasteiger partial charge in [-0.05, 0) is 37.9 Å². The van der Waals surface area contributed by atoms with E-state index in [0.29, 0.717) is 12.0 Å². The maximum absolute atomic E-state index is 4.56. The number of nitrogens with one attached hydrogen (secondary N) is 1. The number of pyridine rings is 1. The lowest BCUT2D eigenvalue weighted by atomic mass is 10.2. The van der Waals surface area contributed by atoms with E-state index in [-0.39, 0.29) is 0 Å². The molecule has 0 spiro atoms. The number of nitrogens with zero attached hydrogens (tertiary/aromatic N) is 2. The standard InChI is InChI=1S/C17H29N3/c1-6-9-20(15(4)5)13-17-8-7-16(12-19-17)11-18-10-14(2)3/h6-8,12,14-15,18H,1,9-11,13H2,2-5H3. The van der Waals surface area contributed by atoms with Crippen molar-refractivity contribution < 1.29 is 0 Å². The van der Waals surface area contributed by atoms with Gasteiger partial charge >= 0.3 is 0 Å². The largest absolute Gasteiger partial charge is 0.312 e. The van der Waals surface area contributed by atoms with Gasteiger partial charge in [-0.3, -0.25) is 9.88 Å². The summed E-state index contributed by atoms with van der Waals surface area (Å²) in [5.41, 5.74) is 2.36. The minimum absolute atomic E-state index is 0.502. The van der Waals surface area contributed by atoms with Gasteiger partial charge < -0.3 is 5.32 Å². The molecule has 0 radical (unpaired) electrons. The zero-order valence-electron chi connectivity index (χ0n) is 13.4. The van der Waals surface area contributed by atoms with Gasteiger partial charge in [0.25, 0.3) is 0 Å². The number of hydrogen-bond acceptors (Lipinski definition) is 3. The van der Waals surface area contributed by atoms with Gasteiger partial charge in [-0.25, -0.2) is 0 Å². The van der Waals surface area contributed by atoms with E-state index in [9.17, 15) is 0 Å². The third-order valence-electron chi connectivity index (χ3n) is 3.23. The first-order chi connectivity index (χ1) is 9.52. The molecule has 3 heteroatoms.